The predicted octanol–water partition coefficient (Wildman–Crippen LogP) is 0.733. The van der Waals surface area contributed by atoms with Gasteiger partial charge in [0.05, 0.1) is 7.11 Å². The molecule has 1 aliphatic heterocycles. The molecule has 0 aromatic carbocycles. The number of carbonyl (C=O) groups is 1. The van der Waals surface area contributed by atoms with Crippen LogP contribution in [0.5, 0.6) is 0 Å². The molecule has 1 heterocycles. The van der Waals surface area contributed by atoms with E-state index in [1.54, 1.807) is 0 Å². The molecule has 0 saturated heterocycles. The summed E-state index contributed by atoms with van der Waals surface area (Å²) in [4.78, 5) is 11.6. The van der Waals surface area contributed by atoms with E-state index in [4.69, 9.17) is 0 Å². The van der Waals surface area contributed by atoms with E-state index in [9.17, 15) is 13.2 Å². The third-order valence-electron chi connectivity index (χ3n) is 2.40. The zero-order chi connectivity index (χ0) is 12.3. The highest BCUT2D eigenvalue weighted by molar-refractivity contribution is 7.92. The van der Waals surface area contributed by atoms with E-state index in [2.05, 4.69) is 4.74 Å². The number of methoxy groups -OCH3 is 1. The van der Waals surface area contributed by atoms with Crippen molar-refractivity contribution in [1.82, 2.24) is 4.31 Å². The van der Waals surface area contributed by atoms with Crippen LogP contribution in [0.4, 0.5) is 0 Å². The minimum atomic E-state index is -3.44. The molecule has 0 spiro atoms. The molecule has 6 heteroatoms. The van der Waals surface area contributed by atoms with E-state index in [0.717, 1.165) is 5.41 Å². The second-order valence-electron chi connectivity index (χ2n) is 4.15. The lowest BCUT2D eigenvalue weighted by Crippen LogP contribution is -2.43. The van der Waals surface area contributed by atoms with Crippen molar-refractivity contribution < 1.29 is 17.9 Å². The second kappa shape index (κ2) is 4.97. The van der Waals surface area contributed by atoms with Crippen LogP contribution in [0.3, 0.4) is 0 Å². The van der Waals surface area contributed by atoms with Gasteiger partial charge in [-0.3, -0.25) is 4.79 Å². The van der Waals surface area contributed by atoms with Crippen molar-refractivity contribution in [3.8, 4) is 0 Å². The fourth-order valence-corrected chi connectivity index (χ4v) is 2.98. The Bertz CT molecular complexity index is 386. The Morgan fingerprint density at radius 1 is 1.50 bits per heavy atom. The van der Waals surface area contributed by atoms with Crippen molar-refractivity contribution >= 4 is 16.0 Å². The van der Waals surface area contributed by atoms with Crippen molar-refractivity contribution in [1.29, 1.82) is 0 Å². The Morgan fingerprint density at radius 3 is 2.50 bits per heavy atom. The minimum absolute atomic E-state index is 0.222. The second-order valence-corrected chi connectivity index (χ2v) is 5.93. The van der Waals surface area contributed by atoms with Gasteiger partial charge >= 0.3 is 5.97 Å². The van der Waals surface area contributed by atoms with E-state index >= 15 is 0 Å². The largest absolute Gasteiger partial charge is 0.468 e. The van der Waals surface area contributed by atoms with Crippen LogP contribution in [0.2, 0.25) is 0 Å². The number of ether oxygens (including phenoxy) is 1. The molecule has 92 valence electrons. The average Bonchev–Trinajstić information content (AvgIpc) is 2.53. The summed E-state index contributed by atoms with van der Waals surface area (Å²) < 4.78 is 29.1. The van der Waals surface area contributed by atoms with Crippen molar-refractivity contribution in [2.75, 3.05) is 13.7 Å². The van der Waals surface area contributed by atoms with Gasteiger partial charge in [-0.2, -0.15) is 4.31 Å². The van der Waals surface area contributed by atoms with Gasteiger partial charge in [-0.1, -0.05) is 19.9 Å². The monoisotopic (exact) mass is 247 g/mol. The first-order valence-electron chi connectivity index (χ1n) is 5.14. The zero-order valence-corrected chi connectivity index (χ0v) is 10.5. The molecular weight excluding hydrogens is 230 g/mol. The highest BCUT2D eigenvalue weighted by Gasteiger charge is 2.36. The van der Waals surface area contributed by atoms with E-state index in [1.807, 2.05) is 13.8 Å². The van der Waals surface area contributed by atoms with E-state index < -0.39 is 22.0 Å². The minimum Gasteiger partial charge on any atom is -0.468 e. The third-order valence-corrected chi connectivity index (χ3v) is 3.99. The topological polar surface area (TPSA) is 63.7 Å². The maximum absolute atomic E-state index is 11.6. The van der Waals surface area contributed by atoms with Gasteiger partial charge in [-0.05, 0) is 12.3 Å². The maximum Gasteiger partial charge on any atom is 0.324 e. The van der Waals surface area contributed by atoms with Gasteiger partial charge in [-0.25, -0.2) is 8.42 Å². The first-order valence-corrected chi connectivity index (χ1v) is 6.65. The van der Waals surface area contributed by atoms with Crippen LogP contribution in [0.15, 0.2) is 11.5 Å². The molecule has 0 saturated carbocycles. The number of carbonyl (C=O) groups excluding carboxylic acids is 1. The molecule has 5 nitrogen and oxygen atoms in total. The fourth-order valence-electron chi connectivity index (χ4n) is 1.67. The summed E-state index contributed by atoms with van der Waals surface area (Å²) in [6.07, 6.45) is 2.00. The maximum atomic E-state index is 11.6. The molecular formula is C10H17NO4S. The molecule has 1 atom stereocenters. The van der Waals surface area contributed by atoms with E-state index in [0.29, 0.717) is 6.42 Å². The van der Waals surface area contributed by atoms with E-state index in [-0.39, 0.29) is 12.5 Å². The summed E-state index contributed by atoms with van der Waals surface area (Å²) in [6.45, 7) is 4.12. The third kappa shape index (κ3) is 2.82. The average molecular weight is 247 g/mol. The van der Waals surface area contributed by atoms with Crippen LogP contribution in [-0.4, -0.2) is 38.4 Å². The standard InChI is InChI=1S/C10H17NO4S/c1-8(2)7-9(10(12)15-3)11-5-4-6-16(11,13)14/h4,6,8-9H,5,7H2,1-3H3/t9-/m0/s1. The summed E-state index contributed by atoms with van der Waals surface area (Å²) >= 11 is 0. The zero-order valence-electron chi connectivity index (χ0n) is 9.71. The number of hydrogen-bond donors (Lipinski definition) is 0. The van der Waals surface area contributed by atoms with Gasteiger partial charge in [0, 0.05) is 12.0 Å². The highest BCUT2D eigenvalue weighted by atomic mass is 32.2. The number of esters is 1. The van der Waals surface area contributed by atoms with Gasteiger partial charge < -0.3 is 4.74 Å². The molecule has 0 bridgehead atoms. The lowest BCUT2D eigenvalue weighted by atomic mass is 10.0. The molecule has 1 aliphatic rings. The van der Waals surface area contributed by atoms with Crippen LogP contribution in [0.1, 0.15) is 20.3 Å². The molecule has 0 aromatic heterocycles. The summed E-state index contributed by atoms with van der Waals surface area (Å²) in [7, 11) is -2.17. The van der Waals surface area contributed by atoms with Gasteiger partial charge in [0.25, 0.3) is 0 Å². The first kappa shape index (κ1) is 13.2. The Balaban J connectivity index is 2.90. The molecule has 0 amide bonds. The first-order chi connectivity index (χ1) is 7.38. The van der Waals surface area contributed by atoms with E-state index in [1.165, 1.54) is 17.5 Å². The molecule has 0 aliphatic carbocycles. The summed E-state index contributed by atoms with van der Waals surface area (Å²) in [5.41, 5.74) is 0. The molecule has 0 N–H and O–H groups in total. The number of nitrogens with zero attached hydrogens (tertiary/aromatic N) is 1. The van der Waals surface area contributed by atoms with Crippen molar-refractivity contribution in [3.05, 3.63) is 11.5 Å². The van der Waals surface area contributed by atoms with Crippen molar-refractivity contribution in [2.24, 2.45) is 5.92 Å². The summed E-state index contributed by atoms with van der Waals surface area (Å²) in [5, 5.41) is 1.13. The Hall–Kier alpha value is -0.880. The summed E-state index contributed by atoms with van der Waals surface area (Å²) in [6, 6.07) is -0.718. The Morgan fingerprint density at radius 2 is 2.12 bits per heavy atom. The van der Waals surface area contributed by atoms with Crippen LogP contribution in [0, 0.1) is 5.92 Å². The Kier molecular flexibility index (Phi) is 4.09. The number of hydrogen-bond acceptors (Lipinski definition) is 4. The Labute approximate surface area is 96.1 Å². The lowest BCUT2D eigenvalue weighted by Gasteiger charge is -2.25. The van der Waals surface area contributed by atoms with Gasteiger partial charge in [0.2, 0.25) is 10.0 Å². The van der Waals surface area contributed by atoms with Crippen LogP contribution >= 0.6 is 0 Å². The van der Waals surface area contributed by atoms with Gasteiger partial charge in [0.15, 0.2) is 0 Å². The number of sulfonamides is 1. The predicted molar refractivity (Wildman–Crippen MR) is 60.0 cm³/mol. The molecule has 0 fully saturated rings. The molecule has 0 aromatic rings. The molecule has 0 radical (unpaired) electrons. The normalized spacial score (nSPS) is 21.2. The van der Waals surface area contributed by atoms with Crippen LogP contribution < -0.4 is 0 Å². The highest BCUT2D eigenvalue weighted by Crippen LogP contribution is 2.21. The SMILES string of the molecule is COC(=O)[C@H](CC(C)C)N1CC=CS1(=O)=O. The van der Waals surface area contributed by atoms with Crippen LogP contribution in [0.25, 0.3) is 0 Å². The van der Waals surface area contributed by atoms with Crippen LogP contribution in [-0.2, 0) is 19.6 Å². The van der Waals surface area contributed by atoms with Gasteiger partial charge in [0.1, 0.15) is 6.04 Å². The molecule has 0 unspecified atom stereocenters. The van der Waals surface area contributed by atoms with Crippen molar-refractivity contribution in [3.63, 3.8) is 0 Å². The lowest BCUT2D eigenvalue weighted by molar-refractivity contribution is -0.145. The van der Waals surface area contributed by atoms with Crippen molar-refractivity contribution in [2.45, 2.75) is 26.3 Å². The number of rotatable bonds is 4. The smallest absolute Gasteiger partial charge is 0.324 e. The quantitative estimate of drug-likeness (QED) is 0.687. The fraction of sp³-hybridized carbons (Fsp3) is 0.700. The summed E-state index contributed by atoms with van der Waals surface area (Å²) in [5.74, 6) is -0.277. The molecule has 16 heavy (non-hydrogen) atoms. The van der Waals surface area contributed by atoms with Gasteiger partial charge in [-0.15, -0.1) is 0 Å². The molecule has 1 rings (SSSR count).